The molecule has 6 nitrogen and oxygen atoms in total. The first kappa shape index (κ1) is 17.7. The molecule has 0 bridgehead atoms. The Morgan fingerprint density at radius 3 is 2.58 bits per heavy atom. The highest BCUT2D eigenvalue weighted by Gasteiger charge is 2.14. The van der Waals surface area contributed by atoms with Crippen molar-refractivity contribution >= 4 is 22.9 Å². The SMILES string of the molecule is CCOC(=O)Cn1c(CCNC(=O)c2ccccc2)nc2ccccc21. The van der Waals surface area contributed by atoms with E-state index < -0.39 is 0 Å². The molecule has 3 rings (SSSR count). The molecule has 6 heteroatoms. The maximum absolute atomic E-state index is 12.1. The molecular formula is C20H21N3O3. The number of fused-ring (bicyclic) bond motifs is 1. The van der Waals surface area contributed by atoms with Crippen molar-refractivity contribution in [3.63, 3.8) is 0 Å². The van der Waals surface area contributed by atoms with Crippen LogP contribution < -0.4 is 5.32 Å². The summed E-state index contributed by atoms with van der Waals surface area (Å²) < 4.78 is 6.91. The van der Waals surface area contributed by atoms with E-state index in [1.807, 2.05) is 47.0 Å². The number of imidazole rings is 1. The van der Waals surface area contributed by atoms with Crippen molar-refractivity contribution in [2.45, 2.75) is 19.9 Å². The van der Waals surface area contributed by atoms with Crippen LogP contribution in [0.15, 0.2) is 54.6 Å². The molecule has 1 aromatic heterocycles. The van der Waals surface area contributed by atoms with Gasteiger partial charge in [0.1, 0.15) is 12.4 Å². The van der Waals surface area contributed by atoms with E-state index in [1.54, 1.807) is 19.1 Å². The average Bonchev–Trinajstić information content (AvgIpc) is 3.00. The normalized spacial score (nSPS) is 10.7. The number of para-hydroxylation sites is 2. The second kappa shape index (κ2) is 8.29. The van der Waals surface area contributed by atoms with Crippen LogP contribution in [0.1, 0.15) is 23.1 Å². The quantitative estimate of drug-likeness (QED) is 0.664. The lowest BCUT2D eigenvalue weighted by Crippen LogP contribution is -2.26. The van der Waals surface area contributed by atoms with Gasteiger partial charge in [0, 0.05) is 18.5 Å². The van der Waals surface area contributed by atoms with Gasteiger partial charge in [0.2, 0.25) is 0 Å². The zero-order valence-corrected chi connectivity index (χ0v) is 14.6. The Morgan fingerprint density at radius 2 is 1.81 bits per heavy atom. The van der Waals surface area contributed by atoms with Crippen LogP contribution in [0.4, 0.5) is 0 Å². The lowest BCUT2D eigenvalue weighted by atomic mass is 10.2. The first-order chi connectivity index (χ1) is 12.7. The Hall–Kier alpha value is -3.15. The largest absolute Gasteiger partial charge is 0.465 e. The average molecular weight is 351 g/mol. The van der Waals surface area contributed by atoms with Crippen molar-refractivity contribution in [1.29, 1.82) is 0 Å². The van der Waals surface area contributed by atoms with E-state index in [1.165, 1.54) is 0 Å². The second-order valence-corrected chi connectivity index (χ2v) is 5.78. The second-order valence-electron chi connectivity index (χ2n) is 5.78. The molecule has 2 aromatic carbocycles. The third kappa shape index (κ3) is 4.08. The minimum atomic E-state index is -0.301. The molecule has 0 fully saturated rings. The molecule has 1 N–H and O–H groups in total. The molecule has 0 aliphatic heterocycles. The molecule has 0 spiro atoms. The molecule has 1 heterocycles. The van der Waals surface area contributed by atoms with Gasteiger partial charge in [-0.1, -0.05) is 30.3 Å². The molecule has 0 radical (unpaired) electrons. The highest BCUT2D eigenvalue weighted by molar-refractivity contribution is 5.94. The van der Waals surface area contributed by atoms with E-state index in [2.05, 4.69) is 10.3 Å². The number of amides is 1. The van der Waals surface area contributed by atoms with Gasteiger partial charge in [-0.3, -0.25) is 9.59 Å². The first-order valence-electron chi connectivity index (χ1n) is 8.62. The number of rotatable bonds is 7. The number of aromatic nitrogens is 2. The molecule has 134 valence electrons. The van der Waals surface area contributed by atoms with Gasteiger partial charge in [-0.25, -0.2) is 4.98 Å². The highest BCUT2D eigenvalue weighted by atomic mass is 16.5. The number of hydrogen-bond donors (Lipinski definition) is 1. The summed E-state index contributed by atoms with van der Waals surface area (Å²) in [4.78, 5) is 28.7. The number of nitrogens with one attached hydrogen (secondary N) is 1. The Kier molecular flexibility index (Phi) is 5.63. The van der Waals surface area contributed by atoms with Crippen molar-refractivity contribution in [3.05, 3.63) is 66.0 Å². The van der Waals surface area contributed by atoms with Crippen LogP contribution in [-0.2, 0) is 22.5 Å². The molecule has 0 aliphatic rings. The third-order valence-electron chi connectivity index (χ3n) is 4.00. The van der Waals surface area contributed by atoms with Crippen molar-refractivity contribution < 1.29 is 14.3 Å². The lowest BCUT2D eigenvalue weighted by Gasteiger charge is -2.09. The standard InChI is InChI=1S/C20H21N3O3/c1-2-26-19(24)14-23-17-11-7-6-10-16(17)22-18(23)12-13-21-20(25)15-8-4-3-5-9-15/h3-11H,2,12-14H2,1H3,(H,21,25). The van der Waals surface area contributed by atoms with Crippen LogP contribution in [0.5, 0.6) is 0 Å². The number of carbonyl (C=O) groups excluding carboxylic acids is 2. The summed E-state index contributed by atoms with van der Waals surface area (Å²) in [5.41, 5.74) is 2.32. The fourth-order valence-electron chi connectivity index (χ4n) is 2.81. The number of carbonyl (C=O) groups is 2. The summed E-state index contributed by atoms with van der Waals surface area (Å²) >= 11 is 0. The number of nitrogens with zero attached hydrogens (tertiary/aromatic N) is 2. The summed E-state index contributed by atoms with van der Waals surface area (Å²) in [5.74, 6) is 0.316. The van der Waals surface area contributed by atoms with Crippen molar-refractivity contribution in [3.8, 4) is 0 Å². The van der Waals surface area contributed by atoms with Gasteiger partial charge in [0.15, 0.2) is 0 Å². The lowest BCUT2D eigenvalue weighted by molar-refractivity contribution is -0.143. The molecule has 0 saturated heterocycles. The molecule has 0 saturated carbocycles. The van der Waals surface area contributed by atoms with Gasteiger partial charge in [-0.2, -0.15) is 0 Å². The fraction of sp³-hybridized carbons (Fsp3) is 0.250. The molecule has 0 unspecified atom stereocenters. The van der Waals surface area contributed by atoms with Gasteiger partial charge < -0.3 is 14.6 Å². The smallest absolute Gasteiger partial charge is 0.326 e. The van der Waals surface area contributed by atoms with Crippen molar-refractivity contribution in [2.75, 3.05) is 13.2 Å². The Morgan fingerprint density at radius 1 is 1.08 bits per heavy atom. The maximum Gasteiger partial charge on any atom is 0.326 e. The number of esters is 1. The highest BCUT2D eigenvalue weighted by Crippen LogP contribution is 2.16. The number of hydrogen-bond acceptors (Lipinski definition) is 4. The van der Waals surface area contributed by atoms with Crippen LogP contribution in [0.25, 0.3) is 11.0 Å². The predicted octanol–water partition coefficient (Wildman–Crippen LogP) is 2.57. The fourth-order valence-corrected chi connectivity index (χ4v) is 2.81. The summed E-state index contributed by atoms with van der Waals surface area (Å²) in [6.07, 6.45) is 0.520. The molecule has 0 atom stereocenters. The summed E-state index contributed by atoms with van der Waals surface area (Å²) in [7, 11) is 0. The molecular weight excluding hydrogens is 330 g/mol. The molecule has 0 aliphatic carbocycles. The topological polar surface area (TPSA) is 73.2 Å². The first-order valence-corrected chi connectivity index (χ1v) is 8.62. The van der Waals surface area contributed by atoms with E-state index in [0.717, 1.165) is 16.9 Å². The molecule has 3 aromatic rings. The van der Waals surface area contributed by atoms with Crippen LogP contribution in [0.2, 0.25) is 0 Å². The van der Waals surface area contributed by atoms with Gasteiger partial charge in [-0.15, -0.1) is 0 Å². The predicted molar refractivity (Wildman–Crippen MR) is 98.8 cm³/mol. The third-order valence-corrected chi connectivity index (χ3v) is 4.00. The van der Waals surface area contributed by atoms with Crippen LogP contribution in [0.3, 0.4) is 0 Å². The summed E-state index contributed by atoms with van der Waals surface area (Å²) in [5, 5.41) is 2.89. The van der Waals surface area contributed by atoms with Crippen LogP contribution >= 0.6 is 0 Å². The Balaban J connectivity index is 1.72. The maximum atomic E-state index is 12.1. The van der Waals surface area contributed by atoms with Gasteiger partial charge in [-0.05, 0) is 31.2 Å². The summed E-state index contributed by atoms with van der Waals surface area (Å²) in [6, 6.07) is 16.7. The van der Waals surface area contributed by atoms with E-state index in [4.69, 9.17) is 4.74 Å². The zero-order chi connectivity index (χ0) is 18.4. The minimum Gasteiger partial charge on any atom is -0.465 e. The number of ether oxygens (including phenoxy) is 1. The Labute approximate surface area is 151 Å². The van der Waals surface area contributed by atoms with E-state index in [0.29, 0.717) is 25.1 Å². The molecule has 26 heavy (non-hydrogen) atoms. The summed E-state index contributed by atoms with van der Waals surface area (Å²) in [6.45, 7) is 2.66. The van der Waals surface area contributed by atoms with E-state index in [-0.39, 0.29) is 18.4 Å². The molecule has 1 amide bonds. The van der Waals surface area contributed by atoms with Crippen molar-refractivity contribution in [1.82, 2.24) is 14.9 Å². The van der Waals surface area contributed by atoms with E-state index >= 15 is 0 Å². The van der Waals surface area contributed by atoms with Gasteiger partial charge in [0.25, 0.3) is 5.91 Å². The zero-order valence-electron chi connectivity index (χ0n) is 14.6. The van der Waals surface area contributed by atoms with Crippen molar-refractivity contribution in [2.24, 2.45) is 0 Å². The van der Waals surface area contributed by atoms with Crippen LogP contribution in [-0.4, -0.2) is 34.6 Å². The number of benzene rings is 2. The van der Waals surface area contributed by atoms with Crippen LogP contribution in [0, 0.1) is 0 Å². The monoisotopic (exact) mass is 351 g/mol. The van der Waals surface area contributed by atoms with E-state index in [9.17, 15) is 9.59 Å². The van der Waals surface area contributed by atoms with Gasteiger partial charge >= 0.3 is 5.97 Å². The minimum absolute atomic E-state index is 0.107. The Bertz CT molecular complexity index is 903. The van der Waals surface area contributed by atoms with Gasteiger partial charge in [0.05, 0.1) is 17.6 Å².